The van der Waals surface area contributed by atoms with Crippen LogP contribution in [0.2, 0.25) is 0 Å². The second-order valence-corrected chi connectivity index (χ2v) is 7.22. The van der Waals surface area contributed by atoms with Crippen LogP contribution in [0.4, 0.5) is 10.5 Å². The number of nitrogens with zero attached hydrogens (tertiary/aromatic N) is 2. The summed E-state index contributed by atoms with van der Waals surface area (Å²) in [5.41, 5.74) is -0.165. The van der Waals surface area contributed by atoms with Crippen molar-refractivity contribution in [2.75, 3.05) is 13.7 Å². The molecule has 0 radical (unpaired) electrons. The van der Waals surface area contributed by atoms with Crippen LogP contribution in [0.5, 0.6) is 0 Å². The summed E-state index contributed by atoms with van der Waals surface area (Å²) in [5.74, 6) is -1.68. The number of esters is 1. The third kappa shape index (κ3) is 4.41. The van der Waals surface area contributed by atoms with Gasteiger partial charge in [0.25, 0.3) is 11.6 Å². The number of benzene rings is 2. The predicted octanol–water partition coefficient (Wildman–Crippen LogP) is 1.46. The first-order valence-electron chi connectivity index (χ1n) is 9.48. The van der Waals surface area contributed by atoms with E-state index in [0.717, 1.165) is 4.90 Å². The summed E-state index contributed by atoms with van der Waals surface area (Å²) in [7, 11) is 1.28. The molecule has 1 aliphatic rings. The molecule has 1 saturated heterocycles. The van der Waals surface area contributed by atoms with Crippen molar-refractivity contribution in [2.45, 2.75) is 19.0 Å². The molecule has 0 saturated carbocycles. The second kappa shape index (κ2) is 8.84. The number of urea groups is 1. The van der Waals surface area contributed by atoms with Crippen LogP contribution < -0.4 is 10.6 Å². The maximum atomic E-state index is 12.9. The molecule has 1 atom stereocenters. The highest BCUT2D eigenvalue weighted by atomic mass is 16.6. The standard InChI is InChI=1S/C21H20N4O7/c1-21(15-7-9-16(10-8-15)25(30)31)19(28)24(20(29)23-21)12-17(26)22-11-13-3-5-14(6-4-13)18(27)32-2/h3-10H,11-12H2,1-2H3,(H,22,26)(H,23,29)/t21-/m1/s1. The van der Waals surface area contributed by atoms with Gasteiger partial charge in [-0.2, -0.15) is 0 Å². The fourth-order valence-electron chi connectivity index (χ4n) is 3.23. The smallest absolute Gasteiger partial charge is 0.337 e. The molecule has 166 valence electrons. The predicted molar refractivity (Wildman–Crippen MR) is 110 cm³/mol. The maximum absolute atomic E-state index is 12.9. The van der Waals surface area contributed by atoms with E-state index in [-0.39, 0.29) is 12.2 Å². The Morgan fingerprint density at radius 1 is 1.12 bits per heavy atom. The molecule has 4 amide bonds. The largest absolute Gasteiger partial charge is 0.465 e. The normalized spacial score (nSPS) is 17.6. The van der Waals surface area contributed by atoms with Gasteiger partial charge in [-0.05, 0) is 42.3 Å². The van der Waals surface area contributed by atoms with E-state index in [4.69, 9.17) is 0 Å². The summed E-state index contributed by atoms with van der Waals surface area (Å²) in [4.78, 5) is 60.0. The molecule has 11 nitrogen and oxygen atoms in total. The van der Waals surface area contributed by atoms with E-state index in [9.17, 15) is 29.3 Å². The minimum atomic E-state index is -1.45. The van der Waals surface area contributed by atoms with E-state index in [1.807, 2.05) is 0 Å². The van der Waals surface area contributed by atoms with E-state index in [1.165, 1.54) is 38.3 Å². The Morgan fingerprint density at radius 2 is 1.75 bits per heavy atom. The second-order valence-electron chi connectivity index (χ2n) is 7.22. The number of non-ortho nitro benzene ring substituents is 1. The zero-order valence-corrected chi connectivity index (χ0v) is 17.3. The zero-order chi connectivity index (χ0) is 23.5. The van der Waals surface area contributed by atoms with E-state index in [2.05, 4.69) is 15.4 Å². The number of hydrogen-bond acceptors (Lipinski definition) is 7. The molecule has 1 aliphatic heterocycles. The molecular formula is C21H20N4O7. The highest BCUT2D eigenvalue weighted by Crippen LogP contribution is 2.29. The van der Waals surface area contributed by atoms with E-state index < -0.39 is 40.8 Å². The average Bonchev–Trinajstić information content (AvgIpc) is 3.01. The van der Waals surface area contributed by atoms with Gasteiger partial charge in [0, 0.05) is 18.7 Å². The number of nitro groups is 1. The number of carbonyl (C=O) groups is 4. The first-order valence-corrected chi connectivity index (χ1v) is 9.48. The van der Waals surface area contributed by atoms with Crippen molar-refractivity contribution in [1.29, 1.82) is 0 Å². The first kappa shape index (κ1) is 22.4. The molecular weight excluding hydrogens is 420 g/mol. The summed E-state index contributed by atoms with van der Waals surface area (Å²) in [6.45, 7) is 1.10. The number of imide groups is 1. The third-order valence-corrected chi connectivity index (χ3v) is 5.10. The maximum Gasteiger partial charge on any atom is 0.337 e. The Labute approximate surface area is 182 Å². The van der Waals surface area contributed by atoms with Crippen LogP contribution in [0.25, 0.3) is 0 Å². The molecule has 2 N–H and O–H groups in total. The summed E-state index contributed by atoms with van der Waals surface area (Å²) < 4.78 is 4.62. The molecule has 2 aromatic rings. The van der Waals surface area contributed by atoms with Crippen molar-refractivity contribution in [3.63, 3.8) is 0 Å². The van der Waals surface area contributed by atoms with E-state index in [0.29, 0.717) is 16.7 Å². The Balaban J connectivity index is 1.62. The average molecular weight is 440 g/mol. The lowest BCUT2D eigenvalue weighted by Crippen LogP contribution is -2.43. The van der Waals surface area contributed by atoms with Crippen molar-refractivity contribution in [1.82, 2.24) is 15.5 Å². The Morgan fingerprint density at radius 3 is 2.31 bits per heavy atom. The van der Waals surface area contributed by atoms with Crippen molar-refractivity contribution >= 4 is 29.5 Å². The molecule has 0 spiro atoms. The minimum Gasteiger partial charge on any atom is -0.465 e. The topological polar surface area (TPSA) is 148 Å². The fourth-order valence-corrected chi connectivity index (χ4v) is 3.23. The van der Waals surface area contributed by atoms with Crippen LogP contribution in [0.1, 0.15) is 28.4 Å². The Hall–Kier alpha value is -4.28. The van der Waals surface area contributed by atoms with Gasteiger partial charge >= 0.3 is 12.0 Å². The molecule has 2 aromatic carbocycles. The quantitative estimate of drug-likeness (QED) is 0.287. The SMILES string of the molecule is COC(=O)c1ccc(CNC(=O)CN2C(=O)N[C@](C)(c3ccc([N+](=O)[O-])cc3)C2=O)cc1. The fraction of sp³-hybridized carbons (Fsp3) is 0.238. The van der Waals surface area contributed by atoms with Crippen LogP contribution in [-0.2, 0) is 26.4 Å². The minimum absolute atomic E-state index is 0.129. The highest BCUT2D eigenvalue weighted by molar-refractivity contribution is 6.09. The van der Waals surface area contributed by atoms with Crippen molar-refractivity contribution in [3.05, 3.63) is 75.3 Å². The van der Waals surface area contributed by atoms with Crippen LogP contribution in [-0.4, -0.2) is 47.3 Å². The lowest BCUT2D eigenvalue weighted by Gasteiger charge is -2.22. The molecule has 1 fully saturated rings. The molecule has 1 heterocycles. The molecule has 11 heteroatoms. The van der Waals surface area contributed by atoms with E-state index >= 15 is 0 Å². The number of ether oxygens (including phenoxy) is 1. The number of hydrogen-bond donors (Lipinski definition) is 2. The Kier molecular flexibility index (Phi) is 6.19. The Bertz CT molecular complexity index is 1080. The van der Waals surface area contributed by atoms with Gasteiger partial charge in [0.1, 0.15) is 12.1 Å². The summed E-state index contributed by atoms with van der Waals surface area (Å²) in [6, 6.07) is 10.9. The molecule has 0 aromatic heterocycles. The summed E-state index contributed by atoms with van der Waals surface area (Å²) in [6.07, 6.45) is 0. The van der Waals surface area contributed by atoms with Gasteiger partial charge in [0.15, 0.2) is 0 Å². The lowest BCUT2D eigenvalue weighted by atomic mass is 9.92. The summed E-state index contributed by atoms with van der Waals surface area (Å²) in [5, 5.41) is 16.0. The lowest BCUT2D eigenvalue weighted by molar-refractivity contribution is -0.384. The first-order chi connectivity index (χ1) is 15.2. The number of nitro benzene ring substituents is 1. The zero-order valence-electron chi connectivity index (χ0n) is 17.3. The number of nitrogens with one attached hydrogen (secondary N) is 2. The molecule has 0 aliphatic carbocycles. The van der Waals surface area contributed by atoms with Crippen molar-refractivity contribution < 1.29 is 28.8 Å². The van der Waals surface area contributed by atoms with Crippen LogP contribution >= 0.6 is 0 Å². The summed E-state index contributed by atoms with van der Waals surface area (Å²) >= 11 is 0. The molecule has 32 heavy (non-hydrogen) atoms. The highest BCUT2D eigenvalue weighted by Gasteiger charge is 2.49. The van der Waals surface area contributed by atoms with Crippen LogP contribution in [0.15, 0.2) is 48.5 Å². The van der Waals surface area contributed by atoms with Gasteiger partial charge in [-0.3, -0.25) is 24.6 Å². The number of rotatable bonds is 7. The molecule has 0 unspecified atom stereocenters. The van der Waals surface area contributed by atoms with Gasteiger partial charge in [-0.15, -0.1) is 0 Å². The molecule has 0 bridgehead atoms. The third-order valence-electron chi connectivity index (χ3n) is 5.10. The number of methoxy groups -OCH3 is 1. The van der Waals surface area contributed by atoms with Gasteiger partial charge in [0.2, 0.25) is 5.91 Å². The van der Waals surface area contributed by atoms with Gasteiger partial charge in [-0.25, -0.2) is 9.59 Å². The van der Waals surface area contributed by atoms with Crippen LogP contribution in [0.3, 0.4) is 0 Å². The number of carbonyl (C=O) groups excluding carboxylic acids is 4. The number of amides is 4. The van der Waals surface area contributed by atoms with Gasteiger partial charge < -0.3 is 15.4 Å². The van der Waals surface area contributed by atoms with Crippen molar-refractivity contribution in [3.8, 4) is 0 Å². The molecule has 3 rings (SSSR count). The van der Waals surface area contributed by atoms with E-state index in [1.54, 1.807) is 24.3 Å². The monoisotopic (exact) mass is 440 g/mol. The van der Waals surface area contributed by atoms with Crippen molar-refractivity contribution in [2.24, 2.45) is 0 Å². The van der Waals surface area contributed by atoms with Crippen LogP contribution in [0, 0.1) is 10.1 Å². The van der Waals surface area contributed by atoms with Gasteiger partial charge in [0.05, 0.1) is 17.6 Å². The van der Waals surface area contributed by atoms with Gasteiger partial charge in [-0.1, -0.05) is 12.1 Å².